The Morgan fingerprint density at radius 3 is 3.13 bits per heavy atom. The number of terminal acetylenes is 1. The van der Waals surface area contributed by atoms with Crippen LogP contribution >= 0.6 is 0 Å². The van der Waals surface area contributed by atoms with E-state index in [1.807, 2.05) is 36.4 Å². The average Bonchev–Trinajstić information content (AvgIpc) is 2.38. The van der Waals surface area contributed by atoms with E-state index < -0.39 is 6.23 Å². The highest BCUT2D eigenvalue weighted by Gasteiger charge is 2.07. The minimum atomic E-state index is -0.533. The highest BCUT2D eigenvalue weighted by molar-refractivity contribution is 5.71. The van der Waals surface area contributed by atoms with Gasteiger partial charge < -0.3 is 4.74 Å². The van der Waals surface area contributed by atoms with E-state index in [0.717, 1.165) is 17.7 Å². The summed E-state index contributed by atoms with van der Waals surface area (Å²) in [6, 6.07) is 7.85. The number of hydrogen-bond acceptors (Lipinski definition) is 2. The van der Waals surface area contributed by atoms with Crippen LogP contribution in [0.15, 0.2) is 41.4 Å². The first-order valence-electron chi connectivity index (χ1n) is 4.79. The van der Waals surface area contributed by atoms with E-state index in [4.69, 9.17) is 11.2 Å². The predicted octanol–water partition coefficient (Wildman–Crippen LogP) is 2.21. The van der Waals surface area contributed by atoms with Crippen molar-refractivity contribution in [1.82, 2.24) is 0 Å². The van der Waals surface area contributed by atoms with Gasteiger partial charge in [-0.15, -0.1) is 6.42 Å². The molecule has 1 aromatic rings. The molecule has 0 spiro atoms. The standard InChI is InChI=1S/C13H11NO/c1-2-13-14-10-6-5-8-11-7-3-4-9-12(11)15-13/h1,3-7,9-10,13H,8H2/b6-5-,14-10?. The molecule has 0 bridgehead atoms. The molecule has 2 nitrogen and oxygen atoms in total. The van der Waals surface area contributed by atoms with Gasteiger partial charge in [0.05, 0.1) is 0 Å². The summed E-state index contributed by atoms with van der Waals surface area (Å²) in [5, 5.41) is 0. The van der Waals surface area contributed by atoms with Gasteiger partial charge in [0.2, 0.25) is 0 Å². The van der Waals surface area contributed by atoms with Crippen LogP contribution in [0.25, 0.3) is 0 Å². The fraction of sp³-hybridized carbons (Fsp3) is 0.154. The lowest BCUT2D eigenvalue weighted by Crippen LogP contribution is -2.11. The topological polar surface area (TPSA) is 21.6 Å². The first-order valence-corrected chi connectivity index (χ1v) is 4.79. The summed E-state index contributed by atoms with van der Waals surface area (Å²) in [7, 11) is 0. The van der Waals surface area contributed by atoms with Gasteiger partial charge in [0.1, 0.15) is 5.75 Å². The Hall–Kier alpha value is -2.01. The van der Waals surface area contributed by atoms with Gasteiger partial charge in [-0.05, 0) is 30.0 Å². The zero-order valence-electron chi connectivity index (χ0n) is 8.26. The van der Waals surface area contributed by atoms with Crippen LogP contribution in [0.3, 0.4) is 0 Å². The average molecular weight is 197 g/mol. The van der Waals surface area contributed by atoms with Crippen molar-refractivity contribution in [2.24, 2.45) is 4.99 Å². The van der Waals surface area contributed by atoms with Crippen LogP contribution in [0.4, 0.5) is 0 Å². The molecule has 0 saturated carbocycles. The number of hydrogen-bond donors (Lipinski definition) is 0. The lowest BCUT2D eigenvalue weighted by atomic mass is 10.1. The van der Waals surface area contributed by atoms with Crippen molar-refractivity contribution in [1.29, 1.82) is 0 Å². The third-order valence-electron chi connectivity index (χ3n) is 2.14. The number of rotatable bonds is 0. The Bertz CT molecular complexity index is 440. The van der Waals surface area contributed by atoms with Gasteiger partial charge in [-0.2, -0.15) is 0 Å². The molecule has 0 N–H and O–H groups in total. The van der Waals surface area contributed by atoms with E-state index in [9.17, 15) is 0 Å². The molecule has 2 heteroatoms. The second-order valence-electron chi connectivity index (χ2n) is 3.18. The maximum Gasteiger partial charge on any atom is 0.252 e. The van der Waals surface area contributed by atoms with Crippen molar-refractivity contribution in [2.45, 2.75) is 12.6 Å². The lowest BCUT2D eigenvalue weighted by molar-refractivity contribution is 0.268. The third kappa shape index (κ3) is 2.26. The Balaban J connectivity index is 2.37. The largest absolute Gasteiger partial charge is 0.457 e. The summed E-state index contributed by atoms with van der Waals surface area (Å²) < 4.78 is 5.59. The number of benzene rings is 1. The van der Waals surface area contributed by atoms with Gasteiger partial charge in [0.15, 0.2) is 0 Å². The van der Waals surface area contributed by atoms with Gasteiger partial charge >= 0.3 is 0 Å². The van der Waals surface area contributed by atoms with E-state index in [1.165, 1.54) is 0 Å². The molecule has 0 aliphatic carbocycles. The maximum absolute atomic E-state index is 5.59. The minimum absolute atomic E-state index is 0.533. The van der Waals surface area contributed by atoms with Gasteiger partial charge in [0, 0.05) is 6.21 Å². The molecule has 1 aliphatic heterocycles. The van der Waals surface area contributed by atoms with Crippen molar-refractivity contribution in [2.75, 3.05) is 0 Å². The number of aliphatic imine (C=N–C) groups is 1. The van der Waals surface area contributed by atoms with Crippen LogP contribution < -0.4 is 4.74 Å². The number of allylic oxidation sites excluding steroid dienone is 2. The Labute approximate surface area is 89.3 Å². The maximum atomic E-state index is 5.59. The van der Waals surface area contributed by atoms with Crippen molar-refractivity contribution in [3.63, 3.8) is 0 Å². The van der Waals surface area contributed by atoms with E-state index >= 15 is 0 Å². The van der Waals surface area contributed by atoms with Crippen LogP contribution in [0.2, 0.25) is 0 Å². The lowest BCUT2D eigenvalue weighted by Gasteiger charge is -2.11. The molecule has 2 rings (SSSR count). The summed E-state index contributed by atoms with van der Waals surface area (Å²) >= 11 is 0. The molecule has 1 aromatic carbocycles. The highest BCUT2D eigenvalue weighted by Crippen LogP contribution is 2.20. The summed E-state index contributed by atoms with van der Waals surface area (Å²) in [4.78, 5) is 4.09. The molecule has 0 fully saturated rings. The number of ether oxygens (including phenoxy) is 1. The fourth-order valence-corrected chi connectivity index (χ4v) is 1.40. The molecule has 1 heterocycles. The Morgan fingerprint density at radius 1 is 1.40 bits per heavy atom. The number of para-hydroxylation sites is 1. The summed E-state index contributed by atoms with van der Waals surface area (Å²) in [5.41, 5.74) is 1.12. The molecule has 1 unspecified atom stereocenters. The molecule has 74 valence electrons. The van der Waals surface area contributed by atoms with Gasteiger partial charge in [0.25, 0.3) is 6.23 Å². The second-order valence-corrected chi connectivity index (χ2v) is 3.18. The normalized spacial score (nSPS) is 21.1. The van der Waals surface area contributed by atoms with Crippen LogP contribution in [-0.2, 0) is 6.42 Å². The number of fused-ring (bicyclic) bond motifs is 1. The molecule has 1 aliphatic rings. The third-order valence-corrected chi connectivity index (χ3v) is 2.14. The number of nitrogens with zero attached hydrogens (tertiary/aromatic N) is 1. The smallest absolute Gasteiger partial charge is 0.252 e. The van der Waals surface area contributed by atoms with Gasteiger partial charge in [-0.25, -0.2) is 4.99 Å². The highest BCUT2D eigenvalue weighted by atomic mass is 16.5. The van der Waals surface area contributed by atoms with Gasteiger partial charge in [-0.1, -0.05) is 24.3 Å². The summed E-state index contributed by atoms with van der Waals surface area (Å²) in [5.74, 6) is 3.30. The van der Waals surface area contributed by atoms with Crippen LogP contribution in [0.1, 0.15) is 5.56 Å². The van der Waals surface area contributed by atoms with E-state index in [0.29, 0.717) is 0 Å². The Morgan fingerprint density at radius 2 is 2.27 bits per heavy atom. The first kappa shape index (κ1) is 9.54. The van der Waals surface area contributed by atoms with E-state index in [1.54, 1.807) is 6.21 Å². The molecule has 0 aromatic heterocycles. The van der Waals surface area contributed by atoms with Crippen molar-refractivity contribution in [3.8, 4) is 18.1 Å². The molecule has 1 atom stereocenters. The van der Waals surface area contributed by atoms with Crippen LogP contribution in [0, 0.1) is 12.3 Å². The predicted molar refractivity (Wildman–Crippen MR) is 61.0 cm³/mol. The van der Waals surface area contributed by atoms with Crippen molar-refractivity contribution in [3.05, 3.63) is 42.0 Å². The first-order chi connectivity index (χ1) is 7.40. The van der Waals surface area contributed by atoms with Crippen LogP contribution in [-0.4, -0.2) is 12.4 Å². The summed E-state index contributed by atoms with van der Waals surface area (Å²) in [6.07, 6.45) is 11.2. The van der Waals surface area contributed by atoms with E-state index in [-0.39, 0.29) is 0 Å². The molecule has 15 heavy (non-hydrogen) atoms. The summed E-state index contributed by atoms with van der Waals surface area (Å²) in [6.45, 7) is 0. The second kappa shape index (κ2) is 4.47. The van der Waals surface area contributed by atoms with Gasteiger partial charge in [-0.3, -0.25) is 0 Å². The van der Waals surface area contributed by atoms with E-state index in [2.05, 4.69) is 10.9 Å². The zero-order valence-corrected chi connectivity index (χ0v) is 8.26. The monoisotopic (exact) mass is 197 g/mol. The van der Waals surface area contributed by atoms with Crippen LogP contribution in [0.5, 0.6) is 5.75 Å². The molecule has 0 amide bonds. The van der Waals surface area contributed by atoms with Crippen molar-refractivity contribution >= 4 is 6.21 Å². The quantitative estimate of drug-likeness (QED) is 0.584. The zero-order chi connectivity index (χ0) is 10.5. The fourth-order valence-electron chi connectivity index (χ4n) is 1.40. The van der Waals surface area contributed by atoms with Crippen molar-refractivity contribution < 1.29 is 4.74 Å². The minimum Gasteiger partial charge on any atom is -0.457 e. The Kier molecular flexibility index (Phi) is 2.85. The molecule has 0 radical (unpaired) electrons. The molecule has 0 saturated heterocycles. The SMILES string of the molecule is C#CC1N=C/C=C\Cc2ccccc2O1. The molecular weight excluding hydrogens is 186 g/mol. The molecular formula is C13H11NO.